The largest absolute Gasteiger partial charge is 0.384 e. The molecule has 34 heavy (non-hydrogen) atoms. The minimum Gasteiger partial charge on any atom is -0.384 e. The average molecular weight is 475 g/mol. The highest BCUT2D eigenvalue weighted by molar-refractivity contribution is 6.31. The molecule has 0 aliphatic rings. The molecule has 0 saturated carbocycles. The van der Waals surface area contributed by atoms with E-state index in [0.29, 0.717) is 34.2 Å². The molecule has 0 radical (unpaired) electrons. The zero-order valence-electron chi connectivity index (χ0n) is 18.7. The second-order valence-corrected chi connectivity index (χ2v) is 8.62. The molecule has 4 rings (SSSR count). The van der Waals surface area contributed by atoms with Crippen molar-refractivity contribution in [1.29, 1.82) is 0 Å². The summed E-state index contributed by atoms with van der Waals surface area (Å²) in [5.74, 6) is -1.02. The number of aromatic nitrogens is 3. The first-order chi connectivity index (χ1) is 16.1. The summed E-state index contributed by atoms with van der Waals surface area (Å²) >= 11 is 6.07. The quantitative estimate of drug-likeness (QED) is 0.390. The van der Waals surface area contributed by atoms with Crippen LogP contribution in [0.25, 0.3) is 10.9 Å². The van der Waals surface area contributed by atoms with E-state index >= 15 is 0 Å². The lowest BCUT2D eigenvalue weighted by Gasteiger charge is -2.16. The number of carbonyl (C=O) groups excluding carboxylic acids is 2. The Kier molecular flexibility index (Phi) is 6.17. The Morgan fingerprint density at radius 2 is 1.71 bits per heavy atom. The topological polar surface area (TPSA) is 151 Å². The van der Waals surface area contributed by atoms with Crippen LogP contribution in [-0.2, 0) is 12.8 Å². The predicted octanol–water partition coefficient (Wildman–Crippen LogP) is 3.26. The molecular formula is C25H23ClN6O2. The average Bonchev–Trinajstić information content (AvgIpc) is 2.75. The second kappa shape index (κ2) is 9.07. The van der Waals surface area contributed by atoms with Crippen LogP contribution in [0.15, 0.2) is 42.6 Å². The van der Waals surface area contributed by atoms with Crippen LogP contribution in [0.4, 0.5) is 5.82 Å². The van der Waals surface area contributed by atoms with E-state index in [1.807, 2.05) is 38.1 Å². The number of fused-ring (bicyclic) bond motifs is 1. The van der Waals surface area contributed by atoms with Crippen molar-refractivity contribution < 1.29 is 9.59 Å². The fourth-order valence-electron chi connectivity index (χ4n) is 4.12. The number of amides is 2. The van der Waals surface area contributed by atoms with Crippen LogP contribution in [0, 0.1) is 13.8 Å². The summed E-state index contributed by atoms with van der Waals surface area (Å²) in [5, 5.41) is 1.40. The van der Waals surface area contributed by atoms with Crippen LogP contribution in [0.1, 0.15) is 54.5 Å². The van der Waals surface area contributed by atoms with Crippen LogP contribution >= 0.6 is 11.6 Å². The fraction of sp³-hybridized carbons (Fsp3) is 0.160. The number of rotatable bonds is 6. The monoisotopic (exact) mass is 474 g/mol. The molecule has 0 bridgehead atoms. The Labute approximate surface area is 201 Å². The summed E-state index contributed by atoms with van der Waals surface area (Å²) in [6.07, 6.45) is 2.15. The van der Waals surface area contributed by atoms with E-state index < -0.39 is 11.8 Å². The Balaban J connectivity index is 1.79. The van der Waals surface area contributed by atoms with Gasteiger partial charge in [0.1, 0.15) is 11.5 Å². The Morgan fingerprint density at radius 1 is 0.941 bits per heavy atom. The number of nitrogens with two attached hydrogens (primary N) is 3. The van der Waals surface area contributed by atoms with Gasteiger partial charge in [-0.2, -0.15) is 0 Å². The number of nitrogens with zero attached hydrogens (tertiary/aromatic N) is 3. The first-order valence-corrected chi connectivity index (χ1v) is 10.9. The van der Waals surface area contributed by atoms with Crippen molar-refractivity contribution in [2.24, 2.45) is 11.5 Å². The first kappa shape index (κ1) is 23.1. The van der Waals surface area contributed by atoms with Gasteiger partial charge in [-0.05, 0) is 60.9 Å². The van der Waals surface area contributed by atoms with Gasteiger partial charge in [-0.15, -0.1) is 0 Å². The molecule has 0 aliphatic carbocycles. The van der Waals surface area contributed by atoms with Crippen molar-refractivity contribution >= 4 is 40.1 Å². The maximum atomic E-state index is 12.4. The van der Waals surface area contributed by atoms with E-state index in [-0.39, 0.29) is 17.7 Å². The molecule has 6 N–H and O–H groups in total. The van der Waals surface area contributed by atoms with E-state index in [2.05, 4.69) is 15.0 Å². The van der Waals surface area contributed by atoms with Gasteiger partial charge in [0, 0.05) is 46.9 Å². The van der Waals surface area contributed by atoms with Gasteiger partial charge in [0.2, 0.25) is 5.91 Å². The lowest BCUT2D eigenvalue weighted by atomic mass is 9.93. The van der Waals surface area contributed by atoms with Crippen molar-refractivity contribution in [3.05, 3.63) is 92.5 Å². The van der Waals surface area contributed by atoms with Crippen LogP contribution in [0.5, 0.6) is 0 Å². The normalized spacial score (nSPS) is 11.0. The molecule has 0 fully saturated rings. The van der Waals surface area contributed by atoms with Gasteiger partial charge in [0.25, 0.3) is 5.91 Å². The number of pyridine rings is 3. The number of hydrogen-bond donors (Lipinski definition) is 3. The molecule has 3 aromatic heterocycles. The molecular weight excluding hydrogens is 452 g/mol. The van der Waals surface area contributed by atoms with E-state index in [0.717, 1.165) is 27.6 Å². The number of primary amides is 2. The number of carbonyl (C=O) groups is 2. The molecule has 0 saturated heterocycles. The Bertz CT molecular complexity index is 1410. The summed E-state index contributed by atoms with van der Waals surface area (Å²) in [6.45, 7) is 3.70. The summed E-state index contributed by atoms with van der Waals surface area (Å²) in [6, 6.07) is 10.9. The number of aryl methyl sites for hydroxylation is 2. The maximum absolute atomic E-state index is 12.4. The van der Waals surface area contributed by atoms with Gasteiger partial charge in [-0.1, -0.05) is 17.7 Å². The van der Waals surface area contributed by atoms with Crippen LogP contribution in [-0.4, -0.2) is 26.8 Å². The molecule has 9 heteroatoms. The van der Waals surface area contributed by atoms with Crippen molar-refractivity contribution in [3.63, 3.8) is 0 Å². The van der Waals surface area contributed by atoms with Crippen molar-refractivity contribution in [2.75, 3.05) is 5.73 Å². The molecule has 8 nitrogen and oxygen atoms in total. The zero-order chi connectivity index (χ0) is 24.6. The second-order valence-electron chi connectivity index (χ2n) is 8.18. The molecule has 0 aliphatic heterocycles. The lowest BCUT2D eigenvalue weighted by molar-refractivity contribution is 0.0994. The highest BCUT2D eigenvalue weighted by Crippen LogP contribution is 2.25. The van der Waals surface area contributed by atoms with Crippen LogP contribution in [0.2, 0.25) is 5.02 Å². The van der Waals surface area contributed by atoms with Crippen molar-refractivity contribution in [1.82, 2.24) is 15.0 Å². The smallest absolute Gasteiger partial charge is 0.267 e. The number of halogens is 1. The Hall–Kier alpha value is -4.04. The highest BCUT2D eigenvalue weighted by atomic mass is 35.5. The maximum Gasteiger partial charge on any atom is 0.267 e. The van der Waals surface area contributed by atoms with Gasteiger partial charge in [0.05, 0.1) is 10.5 Å². The number of benzene rings is 1. The standard InChI is InChI=1S/C25H23ClN6O2/c1-12-5-22(27)31-13(2)18(12)10-19-20(24(28)33)9-17(32-23(19)25(29)34)7-14-3-4-21-15(6-14)8-16(26)11-30-21/h3-6,8-9,11H,7,10H2,1-2H3,(H2,27,31)(H2,28,33)(H2,29,34). The van der Waals surface area contributed by atoms with Gasteiger partial charge >= 0.3 is 0 Å². The van der Waals surface area contributed by atoms with Gasteiger partial charge < -0.3 is 17.2 Å². The molecule has 3 heterocycles. The number of anilines is 1. The first-order valence-electron chi connectivity index (χ1n) is 10.5. The van der Waals surface area contributed by atoms with Crippen molar-refractivity contribution in [3.8, 4) is 0 Å². The van der Waals surface area contributed by atoms with E-state index in [4.69, 9.17) is 28.8 Å². The summed E-state index contributed by atoms with van der Waals surface area (Å²) < 4.78 is 0. The van der Waals surface area contributed by atoms with E-state index in [1.54, 1.807) is 18.3 Å². The molecule has 2 amide bonds. The third kappa shape index (κ3) is 4.67. The predicted molar refractivity (Wildman–Crippen MR) is 132 cm³/mol. The summed E-state index contributed by atoms with van der Waals surface area (Å²) in [5.41, 5.74) is 22.4. The van der Waals surface area contributed by atoms with Crippen LogP contribution < -0.4 is 17.2 Å². The van der Waals surface area contributed by atoms with Gasteiger partial charge in [0.15, 0.2) is 0 Å². The summed E-state index contributed by atoms with van der Waals surface area (Å²) in [4.78, 5) is 37.9. The Morgan fingerprint density at radius 3 is 2.38 bits per heavy atom. The zero-order valence-corrected chi connectivity index (χ0v) is 19.5. The lowest BCUT2D eigenvalue weighted by Crippen LogP contribution is -2.23. The number of nitrogen functional groups attached to an aromatic ring is 1. The van der Waals surface area contributed by atoms with Gasteiger partial charge in [-0.25, -0.2) is 9.97 Å². The molecule has 0 spiro atoms. The SMILES string of the molecule is Cc1cc(N)nc(C)c1Cc1c(C(N)=O)cc(Cc2ccc3ncc(Cl)cc3c2)nc1C(N)=O. The van der Waals surface area contributed by atoms with Gasteiger partial charge in [-0.3, -0.25) is 14.6 Å². The fourth-order valence-corrected chi connectivity index (χ4v) is 4.29. The molecule has 1 aromatic carbocycles. The minimum atomic E-state index is -0.743. The minimum absolute atomic E-state index is 0.00688. The molecule has 0 unspecified atom stereocenters. The van der Waals surface area contributed by atoms with Crippen LogP contribution in [0.3, 0.4) is 0 Å². The molecule has 0 atom stereocenters. The molecule has 172 valence electrons. The number of hydrogen-bond acceptors (Lipinski definition) is 6. The highest BCUT2D eigenvalue weighted by Gasteiger charge is 2.22. The summed E-state index contributed by atoms with van der Waals surface area (Å²) in [7, 11) is 0. The van der Waals surface area contributed by atoms with Crippen molar-refractivity contribution in [2.45, 2.75) is 26.7 Å². The third-order valence-corrected chi connectivity index (χ3v) is 5.91. The van der Waals surface area contributed by atoms with E-state index in [1.165, 1.54) is 0 Å². The molecule has 4 aromatic rings. The third-order valence-electron chi connectivity index (χ3n) is 5.70. The van der Waals surface area contributed by atoms with E-state index in [9.17, 15) is 9.59 Å².